The Balaban J connectivity index is 1.25. The fourth-order valence-corrected chi connectivity index (χ4v) is 5.44. The number of amides is 2. The first-order chi connectivity index (χ1) is 17.3. The maximum atomic E-state index is 13.0. The zero-order valence-corrected chi connectivity index (χ0v) is 20.0. The minimum atomic E-state index is -0.700. The molecule has 2 amide bonds. The second-order valence-electron chi connectivity index (χ2n) is 9.86. The lowest BCUT2D eigenvalue weighted by Crippen LogP contribution is -2.50. The lowest BCUT2D eigenvalue weighted by molar-refractivity contribution is -0.158. The van der Waals surface area contributed by atoms with Gasteiger partial charge in [-0.3, -0.25) is 19.5 Å². The summed E-state index contributed by atoms with van der Waals surface area (Å²) in [5.74, 6) is -0.467. The number of carbonyl (C=O) groups is 3. The number of nitrogens with zero attached hydrogens (tertiary/aromatic N) is 3. The van der Waals surface area contributed by atoms with Crippen LogP contribution >= 0.6 is 0 Å². The molecule has 2 heterocycles. The van der Waals surface area contributed by atoms with Crippen LogP contribution in [-0.2, 0) is 16.0 Å². The molecule has 11 nitrogen and oxygen atoms in total. The van der Waals surface area contributed by atoms with Crippen LogP contribution in [0.3, 0.4) is 0 Å². The van der Waals surface area contributed by atoms with Crippen molar-refractivity contribution in [3.8, 4) is 5.75 Å². The number of carboxylic acid groups (broad SMARTS) is 1. The highest BCUT2D eigenvalue weighted by molar-refractivity contribution is 6.06. The topological polar surface area (TPSA) is 159 Å². The molecular weight excluding hydrogens is 464 g/mol. The van der Waals surface area contributed by atoms with Gasteiger partial charge in [0.25, 0.3) is 5.91 Å². The highest BCUT2D eigenvalue weighted by Gasteiger charge is 2.52. The number of hydrogen-bond acceptors (Lipinski definition) is 7. The third kappa shape index (κ3) is 4.36. The third-order valence-corrected chi connectivity index (χ3v) is 7.80. The minimum absolute atomic E-state index is 0.0771. The van der Waals surface area contributed by atoms with Crippen LogP contribution in [0.25, 0.3) is 11.0 Å². The Morgan fingerprint density at radius 2 is 1.86 bits per heavy atom. The van der Waals surface area contributed by atoms with Gasteiger partial charge in [-0.2, -0.15) is 5.10 Å². The second-order valence-corrected chi connectivity index (χ2v) is 9.86. The van der Waals surface area contributed by atoms with Gasteiger partial charge >= 0.3 is 5.97 Å². The van der Waals surface area contributed by atoms with E-state index >= 15 is 0 Å². The van der Waals surface area contributed by atoms with Crippen molar-refractivity contribution in [3.05, 3.63) is 41.9 Å². The molecule has 6 rings (SSSR count). The van der Waals surface area contributed by atoms with Gasteiger partial charge in [-0.25, -0.2) is 9.97 Å². The van der Waals surface area contributed by atoms with Crippen molar-refractivity contribution in [1.82, 2.24) is 25.5 Å². The standard InChI is InChI=1S/C25H28N6O5/c1-36-16-4-2-3-15(11-16)12-17(32)29-21-19-18(30-31-21)20(28-14-27-19)22(33)26-13-24-5-8-25(9-6-24,10-7-24)23(34)35/h2-4,11,14H,5-10,12-13H2,1H3,(H,26,33)(H,34,35)(H2,29,30,31,32). The molecule has 1 aromatic carbocycles. The number of hydrogen-bond donors (Lipinski definition) is 4. The van der Waals surface area contributed by atoms with E-state index in [1.807, 2.05) is 12.1 Å². The monoisotopic (exact) mass is 492 g/mol. The number of aromatic nitrogens is 4. The maximum absolute atomic E-state index is 13.0. The summed E-state index contributed by atoms with van der Waals surface area (Å²) in [6.45, 7) is 0.464. The van der Waals surface area contributed by atoms with E-state index in [1.165, 1.54) is 6.33 Å². The van der Waals surface area contributed by atoms with Crippen molar-refractivity contribution in [2.75, 3.05) is 19.0 Å². The van der Waals surface area contributed by atoms with Gasteiger partial charge in [0.05, 0.1) is 18.9 Å². The molecule has 4 N–H and O–H groups in total. The number of carboxylic acids is 1. The fourth-order valence-electron chi connectivity index (χ4n) is 5.44. The number of nitrogens with one attached hydrogen (secondary N) is 3. The normalized spacial score (nSPS) is 22.8. The number of benzene rings is 1. The second kappa shape index (κ2) is 9.21. The first kappa shape index (κ1) is 23.7. The predicted molar refractivity (Wildman–Crippen MR) is 130 cm³/mol. The van der Waals surface area contributed by atoms with Crippen LogP contribution in [0, 0.1) is 10.8 Å². The quantitative estimate of drug-likeness (QED) is 0.373. The Labute approximate surface area is 207 Å². The molecule has 11 heteroatoms. The van der Waals surface area contributed by atoms with E-state index in [0.29, 0.717) is 42.6 Å². The molecule has 36 heavy (non-hydrogen) atoms. The Kier molecular flexibility index (Phi) is 6.07. The van der Waals surface area contributed by atoms with Crippen LogP contribution in [0.15, 0.2) is 30.6 Å². The average molecular weight is 493 g/mol. The highest BCUT2D eigenvalue weighted by Crippen LogP contribution is 2.56. The van der Waals surface area contributed by atoms with E-state index in [0.717, 1.165) is 24.8 Å². The first-order valence-electron chi connectivity index (χ1n) is 12.0. The van der Waals surface area contributed by atoms with Crippen molar-refractivity contribution >= 4 is 34.6 Å². The lowest BCUT2D eigenvalue weighted by atomic mass is 9.53. The molecule has 0 saturated heterocycles. The number of fused-ring (bicyclic) bond motifs is 4. The Hall–Kier alpha value is -4.02. The van der Waals surface area contributed by atoms with E-state index in [4.69, 9.17) is 4.74 Å². The molecule has 3 aliphatic carbocycles. The maximum Gasteiger partial charge on any atom is 0.309 e. The summed E-state index contributed by atoms with van der Waals surface area (Å²) in [6, 6.07) is 7.23. The van der Waals surface area contributed by atoms with Gasteiger partial charge in [0.1, 0.15) is 23.1 Å². The summed E-state index contributed by atoms with van der Waals surface area (Å²) in [5, 5.41) is 22.2. The Morgan fingerprint density at radius 1 is 1.11 bits per heavy atom. The molecule has 3 saturated carbocycles. The number of anilines is 1. The largest absolute Gasteiger partial charge is 0.497 e. The third-order valence-electron chi connectivity index (χ3n) is 7.80. The van der Waals surface area contributed by atoms with Gasteiger partial charge in [-0.1, -0.05) is 12.1 Å². The van der Waals surface area contributed by atoms with E-state index in [9.17, 15) is 19.5 Å². The van der Waals surface area contributed by atoms with Gasteiger partial charge in [-0.15, -0.1) is 0 Å². The molecule has 3 aromatic rings. The van der Waals surface area contributed by atoms with Crippen molar-refractivity contribution < 1.29 is 24.2 Å². The zero-order chi connectivity index (χ0) is 25.3. The van der Waals surface area contributed by atoms with E-state index in [1.54, 1.807) is 19.2 Å². The van der Waals surface area contributed by atoms with Crippen LogP contribution in [0.2, 0.25) is 0 Å². The van der Waals surface area contributed by atoms with Crippen molar-refractivity contribution in [2.24, 2.45) is 10.8 Å². The summed E-state index contributed by atoms with van der Waals surface area (Å²) >= 11 is 0. The summed E-state index contributed by atoms with van der Waals surface area (Å²) < 4.78 is 5.20. The summed E-state index contributed by atoms with van der Waals surface area (Å²) in [7, 11) is 1.57. The van der Waals surface area contributed by atoms with Crippen molar-refractivity contribution in [3.63, 3.8) is 0 Å². The number of rotatable bonds is 8. The molecule has 2 bridgehead atoms. The molecule has 3 aliphatic rings. The Bertz CT molecular complexity index is 1310. The number of aliphatic carboxylic acids is 1. The summed E-state index contributed by atoms with van der Waals surface area (Å²) in [5.41, 5.74) is 0.936. The molecule has 0 aliphatic heterocycles. The summed E-state index contributed by atoms with van der Waals surface area (Å²) in [4.78, 5) is 45.6. The van der Waals surface area contributed by atoms with Crippen LogP contribution in [0.1, 0.15) is 54.6 Å². The number of ether oxygens (including phenoxy) is 1. The van der Waals surface area contributed by atoms with E-state index in [2.05, 4.69) is 30.8 Å². The number of H-pyrrole nitrogens is 1. The predicted octanol–water partition coefficient (Wildman–Crippen LogP) is 2.70. The molecule has 188 valence electrons. The van der Waals surface area contributed by atoms with Crippen molar-refractivity contribution in [1.29, 1.82) is 0 Å². The van der Waals surface area contributed by atoms with Gasteiger partial charge in [0.15, 0.2) is 11.5 Å². The average Bonchev–Trinajstić information content (AvgIpc) is 3.31. The number of aromatic amines is 1. The highest BCUT2D eigenvalue weighted by atomic mass is 16.5. The molecule has 3 fully saturated rings. The molecule has 0 spiro atoms. The Morgan fingerprint density at radius 3 is 2.56 bits per heavy atom. The molecule has 0 atom stereocenters. The summed E-state index contributed by atoms with van der Waals surface area (Å²) in [6.07, 6.45) is 5.69. The minimum Gasteiger partial charge on any atom is -0.497 e. The molecule has 0 unspecified atom stereocenters. The van der Waals surface area contributed by atoms with Gasteiger partial charge < -0.3 is 20.5 Å². The smallest absolute Gasteiger partial charge is 0.309 e. The molecule has 0 radical (unpaired) electrons. The number of carbonyl (C=O) groups excluding carboxylic acids is 2. The molecular formula is C25H28N6O5. The van der Waals surface area contributed by atoms with Crippen LogP contribution in [0.4, 0.5) is 5.82 Å². The first-order valence-corrected chi connectivity index (χ1v) is 12.0. The SMILES string of the molecule is COc1cccc(CC(=O)Nc2n[nH]c3c(C(=O)NCC45CCC(C(=O)O)(CC4)CC5)ncnc23)c1. The van der Waals surface area contributed by atoms with Crippen LogP contribution < -0.4 is 15.4 Å². The van der Waals surface area contributed by atoms with E-state index in [-0.39, 0.29) is 35.2 Å². The van der Waals surface area contributed by atoms with Crippen LogP contribution in [-0.4, -0.2) is 56.7 Å². The molecule has 2 aromatic heterocycles. The number of methoxy groups -OCH3 is 1. The van der Waals surface area contributed by atoms with Crippen LogP contribution in [0.5, 0.6) is 5.75 Å². The van der Waals surface area contributed by atoms with Gasteiger partial charge in [0, 0.05) is 6.54 Å². The van der Waals surface area contributed by atoms with Crippen molar-refractivity contribution in [2.45, 2.75) is 44.9 Å². The van der Waals surface area contributed by atoms with E-state index < -0.39 is 11.4 Å². The zero-order valence-electron chi connectivity index (χ0n) is 20.0. The lowest BCUT2D eigenvalue weighted by Gasteiger charge is -2.51. The van der Waals surface area contributed by atoms with Gasteiger partial charge in [0.2, 0.25) is 5.91 Å². The van der Waals surface area contributed by atoms with Gasteiger partial charge in [-0.05, 0) is 61.6 Å². The fraction of sp³-hybridized carbons (Fsp3) is 0.440.